The molecule has 2 N–H and O–H groups in total. The van der Waals surface area contributed by atoms with E-state index in [1.807, 2.05) is 0 Å². The van der Waals surface area contributed by atoms with Crippen molar-refractivity contribution in [1.29, 1.82) is 0 Å². The van der Waals surface area contributed by atoms with Crippen LogP contribution < -0.4 is 5.73 Å². The summed E-state index contributed by atoms with van der Waals surface area (Å²) in [7, 11) is 0. The molecule has 0 saturated carbocycles. The second kappa shape index (κ2) is 6.91. The zero-order valence-corrected chi connectivity index (χ0v) is 12.4. The Morgan fingerprint density at radius 2 is 1.72 bits per heavy atom. The minimum absolute atomic E-state index is 0.0232. The van der Waals surface area contributed by atoms with Gasteiger partial charge in [0.15, 0.2) is 0 Å². The van der Waals surface area contributed by atoms with Crippen molar-refractivity contribution in [2.75, 3.05) is 6.61 Å². The lowest BCUT2D eigenvalue weighted by Gasteiger charge is -2.20. The smallest absolute Gasteiger partial charge is 0.0663 e. The van der Waals surface area contributed by atoms with Crippen LogP contribution in [0.4, 0.5) is 0 Å². The number of nitrogens with two attached hydrogens (primary N) is 1. The summed E-state index contributed by atoms with van der Waals surface area (Å²) in [6, 6.07) is 4.36. The van der Waals surface area contributed by atoms with E-state index in [9.17, 15) is 0 Å². The molecule has 2 atom stereocenters. The Kier molecular flexibility index (Phi) is 5.83. The van der Waals surface area contributed by atoms with Crippen molar-refractivity contribution in [3.63, 3.8) is 0 Å². The van der Waals surface area contributed by atoms with Crippen molar-refractivity contribution in [1.82, 2.24) is 0 Å². The predicted octanol–water partition coefficient (Wildman–Crippen LogP) is 3.82. The van der Waals surface area contributed by atoms with Crippen molar-refractivity contribution >= 4 is 0 Å². The van der Waals surface area contributed by atoms with E-state index < -0.39 is 0 Å². The van der Waals surface area contributed by atoms with Crippen LogP contribution in [0.3, 0.4) is 0 Å². The lowest BCUT2D eigenvalue weighted by Crippen LogP contribution is -2.22. The molecule has 0 bridgehead atoms. The van der Waals surface area contributed by atoms with Gasteiger partial charge in [0, 0.05) is 0 Å². The predicted molar refractivity (Wildman–Crippen MR) is 77.9 cm³/mol. The number of benzene rings is 1. The summed E-state index contributed by atoms with van der Waals surface area (Å²) < 4.78 is 5.81. The second-order valence-electron chi connectivity index (χ2n) is 5.35. The van der Waals surface area contributed by atoms with Crippen LogP contribution in [0.15, 0.2) is 12.1 Å². The monoisotopic (exact) mass is 249 g/mol. The molecule has 2 unspecified atom stereocenters. The first kappa shape index (κ1) is 15.2. The Labute approximate surface area is 112 Å². The average Bonchev–Trinajstić information content (AvgIpc) is 2.25. The van der Waals surface area contributed by atoms with E-state index in [-0.39, 0.29) is 6.04 Å². The van der Waals surface area contributed by atoms with Gasteiger partial charge < -0.3 is 10.5 Å². The molecule has 0 aromatic heterocycles. The first-order valence-corrected chi connectivity index (χ1v) is 6.90. The van der Waals surface area contributed by atoms with E-state index in [1.165, 1.54) is 22.3 Å². The standard InChI is InChI=1S/C16H27NO/c1-6-7-14(5)18-10-15(17)16-12(3)8-11(2)9-13(16)4/h8-9,14-15H,6-7,10,17H2,1-5H3. The van der Waals surface area contributed by atoms with Crippen molar-refractivity contribution in [2.45, 2.75) is 59.6 Å². The first-order chi connectivity index (χ1) is 8.45. The van der Waals surface area contributed by atoms with Crippen LogP contribution in [0.5, 0.6) is 0 Å². The van der Waals surface area contributed by atoms with Gasteiger partial charge in [0.05, 0.1) is 18.8 Å². The molecule has 2 heteroatoms. The van der Waals surface area contributed by atoms with Crippen LogP contribution in [0.1, 0.15) is 55.0 Å². The van der Waals surface area contributed by atoms with Gasteiger partial charge in [-0.25, -0.2) is 0 Å². The summed E-state index contributed by atoms with van der Waals surface area (Å²) in [6.45, 7) is 11.3. The molecule has 0 spiro atoms. The lowest BCUT2D eigenvalue weighted by molar-refractivity contribution is 0.0501. The van der Waals surface area contributed by atoms with E-state index in [4.69, 9.17) is 10.5 Å². The molecule has 0 saturated heterocycles. The highest BCUT2D eigenvalue weighted by Crippen LogP contribution is 2.22. The van der Waals surface area contributed by atoms with Crippen LogP contribution in [0.2, 0.25) is 0 Å². The Morgan fingerprint density at radius 3 is 2.22 bits per heavy atom. The third-order valence-corrected chi connectivity index (χ3v) is 3.36. The number of hydrogen-bond donors (Lipinski definition) is 1. The van der Waals surface area contributed by atoms with Crippen molar-refractivity contribution in [2.24, 2.45) is 5.73 Å². The van der Waals surface area contributed by atoms with Crippen LogP contribution in [-0.4, -0.2) is 12.7 Å². The first-order valence-electron chi connectivity index (χ1n) is 6.90. The maximum atomic E-state index is 6.27. The zero-order chi connectivity index (χ0) is 13.7. The fourth-order valence-electron chi connectivity index (χ4n) is 2.62. The minimum Gasteiger partial charge on any atom is -0.377 e. The highest BCUT2D eigenvalue weighted by molar-refractivity contribution is 5.39. The molecule has 0 aliphatic carbocycles. The van der Waals surface area contributed by atoms with Gasteiger partial charge in [-0.3, -0.25) is 0 Å². The summed E-state index contributed by atoms with van der Waals surface area (Å²) >= 11 is 0. The molecule has 0 aliphatic rings. The van der Waals surface area contributed by atoms with Gasteiger partial charge in [-0.05, 0) is 50.8 Å². The molecule has 1 aromatic rings. The van der Waals surface area contributed by atoms with E-state index in [0.29, 0.717) is 12.7 Å². The second-order valence-corrected chi connectivity index (χ2v) is 5.35. The van der Waals surface area contributed by atoms with Gasteiger partial charge >= 0.3 is 0 Å². The lowest BCUT2D eigenvalue weighted by atomic mass is 9.95. The number of ether oxygens (including phenoxy) is 1. The SMILES string of the molecule is CCCC(C)OCC(N)c1c(C)cc(C)cc1C. The summed E-state index contributed by atoms with van der Waals surface area (Å²) in [5.41, 5.74) is 11.3. The molecule has 0 amide bonds. The molecule has 0 aliphatic heterocycles. The Hall–Kier alpha value is -0.860. The summed E-state index contributed by atoms with van der Waals surface area (Å²) in [4.78, 5) is 0. The molecule has 1 aromatic carbocycles. The maximum Gasteiger partial charge on any atom is 0.0663 e. The quantitative estimate of drug-likeness (QED) is 0.832. The van der Waals surface area contributed by atoms with Crippen LogP contribution >= 0.6 is 0 Å². The molecule has 2 nitrogen and oxygen atoms in total. The summed E-state index contributed by atoms with van der Waals surface area (Å²) in [6.07, 6.45) is 2.55. The Morgan fingerprint density at radius 1 is 1.17 bits per heavy atom. The number of hydrogen-bond acceptors (Lipinski definition) is 2. The molecule has 1 rings (SSSR count). The van der Waals surface area contributed by atoms with E-state index in [0.717, 1.165) is 12.8 Å². The Bertz CT molecular complexity index is 364. The van der Waals surface area contributed by atoms with Crippen molar-refractivity contribution in [3.05, 3.63) is 34.4 Å². The third-order valence-electron chi connectivity index (χ3n) is 3.36. The minimum atomic E-state index is -0.0232. The van der Waals surface area contributed by atoms with Gasteiger partial charge in [0.1, 0.15) is 0 Å². The van der Waals surface area contributed by atoms with Gasteiger partial charge in [0.25, 0.3) is 0 Å². The molecule has 102 valence electrons. The fourth-order valence-corrected chi connectivity index (χ4v) is 2.62. The van der Waals surface area contributed by atoms with Crippen LogP contribution in [0, 0.1) is 20.8 Å². The highest BCUT2D eigenvalue weighted by Gasteiger charge is 2.14. The molecule has 0 heterocycles. The highest BCUT2D eigenvalue weighted by atomic mass is 16.5. The fraction of sp³-hybridized carbons (Fsp3) is 0.625. The molecular weight excluding hydrogens is 222 g/mol. The zero-order valence-electron chi connectivity index (χ0n) is 12.4. The molecule has 18 heavy (non-hydrogen) atoms. The normalized spacial score (nSPS) is 14.6. The summed E-state index contributed by atoms with van der Waals surface area (Å²) in [5.74, 6) is 0. The average molecular weight is 249 g/mol. The van der Waals surface area contributed by atoms with Gasteiger partial charge in [-0.15, -0.1) is 0 Å². The third kappa shape index (κ3) is 4.11. The molecule has 0 fully saturated rings. The van der Waals surface area contributed by atoms with Gasteiger partial charge in [-0.1, -0.05) is 31.0 Å². The number of rotatable bonds is 6. The van der Waals surface area contributed by atoms with Crippen LogP contribution in [0.25, 0.3) is 0 Å². The van der Waals surface area contributed by atoms with E-state index in [2.05, 4.69) is 46.8 Å². The molecule has 0 radical (unpaired) electrons. The molecular formula is C16H27NO. The van der Waals surface area contributed by atoms with Crippen LogP contribution in [-0.2, 0) is 4.74 Å². The van der Waals surface area contributed by atoms with Crippen molar-refractivity contribution in [3.8, 4) is 0 Å². The Balaban J connectivity index is 2.70. The topological polar surface area (TPSA) is 35.2 Å². The van der Waals surface area contributed by atoms with Gasteiger partial charge in [-0.2, -0.15) is 0 Å². The van der Waals surface area contributed by atoms with E-state index in [1.54, 1.807) is 0 Å². The maximum absolute atomic E-state index is 6.27. The van der Waals surface area contributed by atoms with Gasteiger partial charge in [0.2, 0.25) is 0 Å². The number of aryl methyl sites for hydroxylation is 3. The van der Waals surface area contributed by atoms with E-state index >= 15 is 0 Å². The summed E-state index contributed by atoms with van der Waals surface area (Å²) in [5, 5.41) is 0. The largest absolute Gasteiger partial charge is 0.377 e. The van der Waals surface area contributed by atoms with Crippen molar-refractivity contribution < 1.29 is 4.74 Å².